The highest BCUT2D eigenvalue weighted by Gasteiger charge is 2.03. The fourth-order valence-corrected chi connectivity index (χ4v) is 5.27. The minimum atomic E-state index is 0.0207. The Morgan fingerprint density at radius 1 is 0.405 bits per heavy atom. The van der Waals surface area contributed by atoms with E-state index in [1.165, 1.54) is 154 Å². The molecule has 2 heteroatoms. The Kier molecular flexibility index (Phi) is 29.6. The van der Waals surface area contributed by atoms with Crippen LogP contribution in [-0.2, 0) is 9.53 Å². The van der Waals surface area contributed by atoms with Crippen LogP contribution in [0.15, 0.2) is 0 Å². The first-order valence-corrected chi connectivity index (χ1v) is 17.2. The van der Waals surface area contributed by atoms with Crippen LogP contribution in [0.3, 0.4) is 0 Å². The van der Waals surface area contributed by atoms with Gasteiger partial charge in [-0.2, -0.15) is 0 Å². The third kappa shape index (κ3) is 33.4. The Bertz CT molecular complexity index is 443. The van der Waals surface area contributed by atoms with E-state index in [2.05, 4.69) is 27.7 Å². The van der Waals surface area contributed by atoms with Crippen molar-refractivity contribution < 1.29 is 9.53 Å². The van der Waals surface area contributed by atoms with Crippen molar-refractivity contribution in [3.63, 3.8) is 0 Å². The number of rotatable bonds is 30. The second-order valence-corrected chi connectivity index (χ2v) is 12.8. The van der Waals surface area contributed by atoms with E-state index in [0.717, 1.165) is 24.7 Å². The predicted octanol–water partition coefficient (Wildman–Crippen LogP) is 12.4. The van der Waals surface area contributed by atoms with Crippen LogP contribution in [0.2, 0.25) is 0 Å². The summed E-state index contributed by atoms with van der Waals surface area (Å²) in [5, 5.41) is 0. The molecule has 0 saturated heterocycles. The summed E-state index contributed by atoms with van der Waals surface area (Å²) >= 11 is 0. The molecule has 0 aromatic heterocycles. The van der Waals surface area contributed by atoms with Gasteiger partial charge in [-0.1, -0.05) is 182 Å². The number of esters is 1. The van der Waals surface area contributed by atoms with Gasteiger partial charge in [-0.05, 0) is 24.7 Å². The molecule has 0 aliphatic rings. The van der Waals surface area contributed by atoms with Crippen LogP contribution in [0.4, 0.5) is 0 Å². The minimum Gasteiger partial charge on any atom is -0.466 e. The Balaban J connectivity index is 3.13. The maximum atomic E-state index is 11.8. The molecule has 0 saturated carbocycles. The largest absolute Gasteiger partial charge is 0.466 e. The van der Waals surface area contributed by atoms with Crippen LogP contribution in [0.1, 0.15) is 201 Å². The third-order valence-electron chi connectivity index (χ3n) is 7.85. The molecular formula is C35H70O2. The van der Waals surface area contributed by atoms with Gasteiger partial charge in [-0.25, -0.2) is 0 Å². The first kappa shape index (κ1) is 36.5. The van der Waals surface area contributed by atoms with E-state index in [9.17, 15) is 4.79 Å². The Morgan fingerprint density at radius 3 is 1.00 bits per heavy atom. The molecule has 37 heavy (non-hydrogen) atoms. The highest BCUT2D eigenvalue weighted by atomic mass is 16.5. The lowest BCUT2D eigenvalue weighted by Gasteiger charge is -2.06. The number of carbonyl (C=O) groups is 1. The Morgan fingerprint density at radius 2 is 0.676 bits per heavy atom. The highest BCUT2D eigenvalue weighted by molar-refractivity contribution is 5.69. The van der Waals surface area contributed by atoms with E-state index in [0.29, 0.717) is 13.0 Å². The molecule has 0 spiro atoms. The van der Waals surface area contributed by atoms with Crippen LogP contribution >= 0.6 is 0 Å². The van der Waals surface area contributed by atoms with Crippen molar-refractivity contribution in [3.05, 3.63) is 0 Å². The molecule has 222 valence electrons. The monoisotopic (exact) mass is 523 g/mol. The van der Waals surface area contributed by atoms with Gasteiger partial charge in [-0.3, -0.25) is 4.79 Å². The van der Waals surface area contributed by atoms with E-state index < -0.39 is 0 Å². The number of unbranched alkanes of at least 4 members (excludes halogenated alkanes) is 22. The number of hydrogen-bond donors (Lipinski definition) is 0. The summed E-state index contributed by atoms with van der Waals surface area (Å²) in [5.41, 5.74) is 0. The molecule has 0 fully saturated rings. The zero-order valence-electron chi connectivity index (χ0n) is 26.3. The van der Waals surface area contributed by atoms with Crippen molar-refractivity contribution in [2.24, 2.45) is 11.8 Å². The van der Waals surface area contributed by atoms with Gasteiger partial charge >= 0.3 is 5.97 Å². The Labute approximate surface area is 234 Å². The lowest BCUT2D eigenvalue weighted by atomic mass is 10.0. The molecule has 0 unspecified atom stereocenters. The summed E-state index contributed by atoms with van der Waals surface area (Å²) in [5.74, 6) is 1.73. The van der Waals surface area contributed by atoms with Gasteiger partial charge in [0, 0.05) is 6.42 Å². The van der Waals surface area contributed by atoms with Gasteiger partial charge < -0.3 is 4.74 Å². The van der Waals surface area contributed by atoms with Gasteiger partial charge in [0.2, 0.25) is 0 Å². The molecule has 2 nitrogen and oxygen atoms in total. The average Bonchev–Trinajstić information content (AvgIpc) is 2.86. The quantitative estimate of drug-likeness (QED) is 0.0692. The topological polar surface area (TPSA) is 26.3 Å². The zero-order valence-corrected chi connectivity index (χ0v) is 26.3. The summed E-state index contributed by atoms with van der Waals surface area (Å²) in [6.45, 7) is 9.89. The number of ether oxygens (including phenoxy) is 1. The minimum absolute atomic E-state index is 0.0207. The summed E-state index contributed by atoms with van der Waals surface area (Å²) in [4.78, 5) is 11.8. The maximum absolute atomic E-state index is 11.8. The van der Waals surface area contributed by atoms with E-state index in [1.54, 1.807) is 0 Å². The smallest absolute Gasteiger partial charge is 0.305 e. The van der Waals surface area contributed by atoms with Gasteiger partial charge in [0.25, 0.3) is 0 Å². The second-order valence-electron chi connectivity index (χ2n) is 12.8. The summed E-state index contributed by atoms with van der Waals surface area (Å²) in [6, 6.07) is 0. The first-order valence-electron chi connectivity index (χ1n) is 17.2. The predicted molar refractivity (Wildman–Crippen MR) is 165 cm³/mol. The molecule has 0 bridgehead atoms. The summed E-state index contributed by atoms with van der Waals surface area (Å²) in [7, 11) is 0. The molecule has 0 heterocycles. The lowest BCUT2D eigenvalue weighted by Crippen LogP contribution is -2.05. The molecule has 0 rings (SSSR count). The zero-order chi connectivity index (χ0) is 27.2. The lowest BCUT2D eigenvalue weighted by molar-refractivity contribution is -0.143. The first-order chi connectivity index (χ1) is 18.0. The molecule has 0 N–H and O–H groups in total. The van der Waals surface area contributed by atoms with E-state index in [4.69, 9.17) is 4.74 Å². The standard InChI is InChI=1S/C35H70O2/c1-33(2)29-25-21-18-16-14-12-10-8-6-5-7-9-11-13-15-17-19-23-27-31-35(36)37-32-28-24-20-22-26-30-34(3)4/h33-34H,5-32H2,1-4H3. The van der Waals surface area contributed by atoms with Crippen molar-refractivity contribution >= 4 is 5.97 Å². The fraction of sp³-hybridized carbons (Fsp3) is 0.971. The molecule has 0 aliphatic carbocycles. The van der Waals surface area contributed by atoms with Crippen LogP contribution in [-0.4, -0.2) is 12.6 Å². The third-order valence-corrected chi connectivity index (χ3v) is 7.85. The van der Waals surface area contributed by atoms with E-state index in [1.807, 2.05) is 0 Å². The van der Waals surface area contributed by atoms with E-state index in [-0.39, 0.29) is 5.97 Å². The van der Waals surface area contributed by atoms with Crippen LogP contribution in [0.5, 0.6) is 0 Å². The van der Waals surface area contributed by atoms with Crippen molar-refractivity contribution in [2.45, 2.75) is 201 Å². The van der Waals surface area contributed by atoms with Gasteiger partial charge in [-0.15, -0.1) is 0 Å². The van der Waals surface area contributed by atoms with Crippen molar-refractivity contribution in [1.82, 2.24) is 0 Å². The van der Waals surface area contributed by atoms with Crippen molar-refractivity contribution in [2.75, 3.05) is 6.61 Å². The molecule has 0 aliphatic heterocycles. The molecule has 0 radical (unpaired) electrons. The van der Waals surface area contributed by atoms with Crippen LogP contribution in [0.25, 0.3) is 0 Å². The summed E-state index contributed by atoms with van der Waals surface area (Å²) < 4.78 is 5.39. The fourth-order valence-electron chi connectivity index (χ4n) is 5.27. The Hall–Kier alpha value is -0.530. The molecule has 0 amide bonds. The normalized spacial score (nSPS) is 11.6. The van der Waals surface area contributed by atoms with Crippen molar-refractivity contribution in [1.29, 1.82) is 0 Å². The van der Waals surface area contributed by atoms with Crippen LogP contribution < -0.4 is 0 Å². The van der Waals surface area contributed by atoms with Crippen molar-refractivity contribution in [3.8, 4) is 0 Å². The highest BCUT2D eigenvalue weighted by Crippen LogP contribution is 2.16. The number of carbonyl (C=O) groups excluding carboxylic acids is 1. The molecular weight excluding hydrogens is 452 g/mol. The van der Waals surface area contributed by atoms with Gasteiger partial charge in [0.15, 0.2) is 0 Å². The van der Waals surface area contributed by atoms with Gasteiger partial charge in [0.1, 0.15) is 0 Å². The summed E-state index contributed by atoms with van der Waals surface area (Å²) in [6.07, 6.45) is 36.0. The van der Waals surface area contributed by atoms with Gasteiger partial charge in [0.05, 0.1) is 6.61 Å². The van der Waals surface area contributed by atoms with E-state index >= 15 is 0 Å². The molecule has 0 aromatic rings. The average molecular weight is 523 g/mol. The SMILES string of the molecule is CC(C)CCCCCCCCCCCCCCCCCCCCCC(=O)OCCCCCCCC(C)C. The van der Waals surface area contributed by atoms with Crippen LogP contribution in [0, 0.1) is 11.8 Å². The molecule has 0 atom stereocenters. The molecule has 0 aromatic carbocycles. The second kappa shape index (κ2) is 30.0. The maximum Gasteiger partial charge on any atom is 0.305 e. The number of hydrogen-bond acceptors (Lipinski definition) is 2.